The molecule has 0 aliphatic heterocycles. The van der Waals surface area contributed by atoms with Gasteiger partial charge in [-0.05, 0) is 50.1 Å². The van der Waals surface area contributed by atoms with Crippen LogP contribution in [-0.2, 0) is 0 Å². The second-order valence-electron chi connectivity index (χ2n) is 3.40. The number of alkyl halides is 1. The molecule has 0 radical (unpaired) electrons. The Balaban J connectivity index is 3.08. The molecule has 0 N–H and O–H groups in total. The number of allylic oxidation sites excluding steroid dienone is 5. The van der Waals surface area contributed by atoms with Gasteiger partial charge in [0.25, 0.3) is 0 Å². The van der Waals surface area contributed by atoms with Crippen molar-refractivity contribution in [2.75, 3.05) is 0 Å². The minimum Gasteiger partial charge on any atom is -0.239 e. The van der Waals surface area contributed by atoms with Crippen LogP contribution in [-0.4, -0.2) is 5.67 Å². The molecule has 0 bridgehead atoms. The molecule has 1 rings (SSSR count). The maximum Gasteiger partial charge on any atom is 0.130 e. The van der Waals surface area contributed by atoms with Gasteiger partial charge in [0.05, 0.1) is 0 Å². The van der Waals surface area contributed by atoms with Crippen molar-refractivity contribution >= 4 is 0 Å². The van der Waals surface area contributed by atoms with E-state index in [-0.39, 0.29) is 0 Å². The van der Waals surface area contributed by atoms with Gasteiger partial charge >= 0.3 is 0 Å². The molecule has 0 amide bonds. The monoisotopic (exact) mass is 164 g/mol. The molecule has 0 heterocycles. The first-order valence-corrected chi connectivity index (χ1v) is 4.01. The molecule has 0 aromatic carbocycles. The van der Waals surface area contributed by atoms with Gasteiger partial charge in [0.2, 0.25) is 0 Å². The van der Waals surface area contributed by atoms with Crippen LogP contribution in [0.3, 0.4) is 0 Å². The van der Waals surface area contributed by atoms with Gasteiger partial charge in [-0.25, -0.2) is 4.39 Å². The van der Waals surface area contributed by atoms with Crippen LogP contribution in [0.1, 0.15) is 20.8 Å². The van der Waals surface area contributed by atoms with E-state index in [9.17, 15) is 4.39 Å². The van der Waals surface area contributed by atoms with Gasteiger partial charge in [-0.1, -0.05) is 6.08 Å². The summed E-state index contributed by atoms with van der Waals surface area (Å²) in [5.41, 5.74) is 3.33. The number of rotatable bonds is 1. The van der Waals surface area contributed by atoms with Gasteiger partial charge in [-0.3, -0.25) is 0 Å². The Kier molecular flexibility index (Phi) is 2.35. The highest BCUT2D eigenvalue weighted by molar-refractivity contribution is 5.41. The van der Waals surface area contributed by atoms with E-state index in [2.05, 4.69) is 5.73 Å². The van der Waals surface area contributed by atoms with Gasteiger partial charge in [0.1, 0.15) is 5.67 Å². The fraction of sp³-hybridized carbons (Fsp3) is 0.364. The maximum absolute atomic E-state index is 13.5. The third-order valence-corrected chi connectivity index (χ3v) is 1.84. The van der Waals surface area contributed by atoms with Crippen LogP contribution in [0, 0.1) is 0 Å². The summed E-state index contributed by atoms with van der Waals surface area (Å²) in [6.45, 7) is 5.04. The van der Waals surface area contributed by atoms with E-state index in [1.54, 1.807) is 32.1 Å². The van der Waals surface area contributed by atoms with E-state index in [4.69, 9.17) is 0 Å². The third-order valence-electron chi connectivity index (χ3n) is 1.84. The van der Waals surface area contributed by atoms with E-state index in [0.717, 1.165) is 11.1 Å². The van der Waals surface area contributed by atoms with E-state index >= 15 is 0 Å². The van der Waals surface area contributed by atoms with Crippen molar-refractivity contribution in [1.82, 2.24) is 0 Å². The lowest BCUT2D eigenvalue weighted by Crippen LogP contribution is -2.16. The zero-order chi connectivity index (χ0) is 9.19. The Morgan fingerprint density at radius 2 is 1.83 bits per heavy atom. The van der Waals surface area contributed by atoms with E-state index in [0.29, 0.717) is 0 Å². The Hall–Kier alpha value is -1.07. The second-order valence-corrected chi connectivity index (χ2v) is 3.40. The zero-order valence-electron chi connectivity index (χ0n) is 7.69. The Morgan fingerprint density at radius 1 is 1.25 bits per heavy atom. The first-order chi connectivity index (χ1) is 5.52. The van der Waals surface area contributed by atoms with Gasteiger partial charge < -0.3 is 0 Å². The van der Waals surface area contributed by atoms with Crippen molar-refractivity contribution in [1.29, 1.82) is 0 Å². The van der Waals surface area contributed by atoms with E-state index in [1.807, 2.05) is 13.0 Å². The lowest BCUT2D eigenvalue weighted by molar-refractivity contribution is 0.271. The SMILES string of the molecule is CC1=CC=C=CC=C1C(C)(C)F. The summed E-state index contributed by atoms with van der Waals surface area (Å²) in [6.07, 6.45) is 7.18. The standard InChI is InChI=1S/C11H13F/c1-9-7-5-4-6-8-10(9)11(2,3)12/h5-8H,1-3H3. The molecule has 0 unspecified atom stereocenters. The van der Waals surface area contributed by atoms with E-state index < -0.39 is 5.67 Å². The number of hydrogen-bond donors (Lipinski definition) is 0. The minimum absolute atomic E-state index is 0.726. The van der Waals surface area contributed by atoms with Crippen molar-refractivity contribution in [3.63, 3.8) is 0 Å². The smallest absolute Gasteiger partial charge is 0.130 e. The van der Waals surface area contributed by atoms with Crippen LogP contribution in [0.5, 0.6) is 0 Å². The predicted molar refractivity (Wildman–Crippen MR) is 49.7 cm³/mol. The van der Waals surface area contributed by atoms with Crippen LogP contribution in [0.4, 0.5) is 4.39 Å². The minimum atomic E-state index is -1.27. The highest BCUT2D eigenvalue weighted by atomic mass is 19.1. The third kappa shape index (κ3) is 1.96. The average Bonchev–Trinajstić information content (AvgIpc) is 2.11. The molecule has 64 valence electrons. The van der Waals surface area contributed by atoms with Crippen LogP contribution in [0.2, 0.25) is 0 Å². The molecule has 0 spiro atoms. The highest BCUT2D eigenvalue weighted by Crippen LogP contribution is 2.27. The van der Waals surface area contributed by atoms with Crippen molar-refractivity contribution in [3.8, 4) is 0 Å². The second kappa shape index (κ2) is 3.12. The molecule has 0 atom stereocenters. The summed E-state index contributed by atoms with van der Waals surface area (Å²) in [6, 6.07) is 0. The maximum atomic E-state index is 13.5. The Labute approximate surface area is 72.8 Å². The predicted octanol–water partition coefficient (Wildman–Crippen LogP) is 3.33. The topological polar surface area (TPSA) is 0 Å². The molecule has 0 saturated carbocycles. The summed E-state index contributed by atoms with van der Waals surface area (Å²) in [7, 11) is 0. The van der Waals surface area contributed by atoms with Crippen LogP contribution in [0.25, 0.3) is 0 Å². The molecule has 0 aromatic heterocycles. The van der Waals surface area contributed by atoms with Crippen molar-refractivity contribution < 1.29 is 4.39 Å². The molecule has 0 saturated heterocycles. The summed E-state index contributed by atoms with van der Waals surface area (Å²) in [5.74, 6) is 0. The summed E-state index contributed by atoms with van der Waals surface area (Å²) in [5, 5.41) is 0. The molecule has 1 heteroatoms. The molecular weight excluding hydrogens is 151 g/mol. The van der Waals surface area contributed by atoms with Gasteiger partial charge in [-0.15, -0.1) is 5.73 Å². The Bertz CT molecular complexity index is 291. The van der Waals surface area contributed by atoms with Crippen LogP contribution < -0.4 is 0 Å². The quantitative estimate of drug-likeness (QED) is 0.521. The molecule has 0 fully saturated rings. The first-order valence-electron chi connectivity index (χ1n) is 4.01. The number of halogens is 1. The Morgan fingerprint density at radius 3 is 2.42 bits per heavy atom. The molecule has 1 aliphatic carbocycles. The van der Waals surface area contributed by atoms with Gasteiger partial charge in [-0.2, -0.15) is 0 Å². The molecule has 12 heavy (non-hydrogen) atoms. The molecular formula is C11H13F. The largest absolute Gasteiger partial charge is 0.239 e. The zero-order valence-corrected chi connectivity index (χ0v) is 7.69. The lowest BCUT2D eigenvalue weighted by Gasteiger charge is -2.18. The average molecular weight is 164 g/mol. The molecule has 0 nitrogen and oxygen atoms in total. The summed E-state index contributed by atoms with van der Waals surface area (Å²) < 4.78 is 13.5. The highest BCUT2D eigenvalue weighted by Gasteiger charge is 2.22. The molecule has 0 aromatic rings. The normalized spacial score (nSPS) is 17.0. The van der Waals surface area contributed by atoms with E-state index in [1.165, 1.54) is 0 Å². The molecule has 1 aliphatic rings. The first kappa shape index (κ1) is 9.02. The van der Waals surface area contributed by atoms with Crippen molar-refractivity contribution in [3.05, 3.63) is 41.2 Å². The van der Waals surface area contributed by atoms with Crippen molar-refractivity contribution in [2.24, 2.45) is 0 Å². The number of hydrogen-bond acceptors (Lipinski definition) is 0. The van der Waals surface area contributed by atoms with Crippen LogP contribution >= 0.6 is 0 Å². The van der Waals surface area contributed by atoms with Crippen molar-refractivity contribution in [2.45, 2.75) is 26.4 Å². The lowest BCUT2D eigenvalue weighted by atomic mass is 9.93. The van der Waals surface area contributed by atoms with Gasteiger partial charge in [0, 0.05) is 0 Å². The van der Waals surface area contributed by atoms with Gasteiger partial charge in [0.15, 0.2) is 0 Å². The summed E-state index contributed by atoms with van der Waals surface area (Å²) in [4.78, 5) is 0. The summed E-state index contributed by atoms with van der Waals surface area (Å²) >= 11 is 0. The fourth-order valence-corrected chi connectivity index (χ4v) is 1.25. The fourth-order valence-electron chi connectivity index (χ4n) is 1.25. The van der Waals surface area contributed by atoms with Crippen LogP contribution in [0.15, 0.2) is 41.2 Å².